The summed E-state index contributed by atoms with van der Waals surface area (Å²) in [5, 5.41) is 5.43. The summed E-state index contributed by atoms with van der Waals surface area (Å²) in [5.74, 6) is -0.425. The summed E-state index contributed by atoms with van der Waals surface area (Å²) in [4.78, 5) is 23.7. The molecule has 0 aliphatic rings. The summed E-state index contributed by atoms with van der Waals surface area (Å²) in [6.45, 7) is 9.67. The Morgan fingerprint density at radius 3 is 2.27 bits per heavy atom. The minimum Gasteiger partial charge on any atom is -0.349 e. The molecule has 1 atom stereocenters. The molecular weight excluding hydrogens is 302 g/mol. The fourth-order valence-electron chi connectivity index (χ4n) is 1.59. The van der Waals surface area contributed by atoms with Gasteiger partial charge in [0.25, 0.3) is 5.91 Å². The third-order valence-electron chi connectivity index (χ3n) is 3.04. The van der Waals surface area contributed by atoms with Crippen LogP contribution in [0.15, 0.2) is 36.9 Å². The Morgan fingerprint density at radius 1 is 1.27 bits per heavy atom. The molecule has 0 fully saturated rings. The van der Waals surface area contributed by atoms with E-state index >= 15 is 0 Å². The Kier molecular flexibility index (Phi) is 7.84. The maximum atomic E-state index is 12.0. The molecule has 0 aliphatic carbocycles. The van der Waals surface area contributed by atoms with Crippen LogP contribution < -0.4 is 16.4 Å². The second-order valence-electron chi connectivity index (χ2n) is 5.91. The van der Waals surface area contributed by atoms with E-state index in [1.165, 1.54) is 0 Å². The van der Waals surface area contributed by atoms with Crippen LogP contribution in [0.4, 0.5) is 5.69 Å². The first kappa shape index (κ1) is 20.1. The molecule has 6 heteroatoms. The number of carbonyl (C=O) groups is 2. The van der Waals surface area contributed by atoms with E-state index < -0.39 is 6.04 Å². The third kappa shape index (κ3) is 5.87. The molecule has 0 aromatic heterocycles. The molecule has 0 saturated heterocycles. The van der Waals surface area contributed by atoms with E-state index in [4.69, 9.17) is 5.73 Å². The average Bonchev–Trinajstić information content (AvgIpc) is 2.43. The lowest BCUT2D eigenvalue weighted by Gasteiger charge is -2.25. The molecular formula is C16H24ClN3O2. The van der Waals surface area contributed by atoms with Gasteiger partial charge >= 0.3 is 0 Å². The molecule has 22 heavy (non-hydrogen) atoms. The van der Waals surface area contributed by atoms with E-state index in [1.807, 2.05) is 20.8 Å². The summed E-state index contributed by atoms with van der Waals surface area (Å²) < 4.78 is 0. The van der Waals surface area contributed by atoms with Gasteiger partial charge in [0.05, 0.1) is 6.04 Å². The molecule has 2 amide bonds. The summed E-state index contributed by atoms with van der Waals surface area (Å²) in [7, 11) is 0. The van der Waals surface area contributed by atoms with Crippen LogP contribution in [0.5, 0.6) is 0 Å². The second-order valence-corrected chi connectivity index (χ2v) is 5.91. The van der Waals surface area contributed by atoms with Crippen molar-refractivity contribution in [3.05, 3.63) is 42.5 Å². The van der Waals surface area contributed by atoms with Crippen molar-refractivity contribution < 1.29 is 9.59 Å². The van der Waals surface area contributed by atoms with Gasteiger partial charge in [-0.1, -0.05) is 26.8 Å². The largest absolute Gasteiger partial charge is 0.349 e. The topological polar surface area (TPSA) is 84.2 Å². The molecule has 0 saturated carbocycles. The van der Waals surface area contributed by atoms with Gasteiger partial charge in [-0.3, -0.25) is 9.59 Å². The fraction of sp³-hybridized carbons (Fsp3) is 0.375. The van der Waals surface area contributed by atoms with Crippen LogP contribution in [0.3, 0.4) is 0 Å². The van der Waals surface area contributed by atoms with Gasteiger partial charge < -0.3 is 16.4 Å². The molecule has 0 aliphatic heterocycles. The number of hydrogen-bond donors (Lipinski definition) is 3. The number of anilines is 1. The van der Waals surface area contributed by atoms with Crippen LogP contribution in [0.25, 0.3) is 0 Å². The highest BCUT2D eigenvalue weighted by Crippen LogP contribution is 2.19. The van der Waals surface area contributed by atoms with Crippen LogP contribution in [0.2, 0.25) is 0 Å². The third-order valence-corrected chi connectivity index (χ3v) is 3.04. The molecule has 4 N–H and O–H groups in total. The summed E-state index contributed by atoms with van der Waals surface area (Å²) in [6.07, 6.45) is 1.61. The molecule has 0 bridgehead atoms. The van der Waals surface area contributed by atoms with Crippen molar-refractivity contribution in [3.63, 3.8) is 0 Å². The Bertz CT molecular complexity index is 521. The van der Waals surface area contributed by atoms with Crippen LogP contribution >= 0.6 is 12.4 Å². The van der Waals surface area contributed by atoms with Gasteiger partial charge in [0.1, 0.15) is 0 Å². The first-order chi connectivity index (χ1) is 9.75. The number of nitrogens with one attached hydrogen (secondary N) is 2. The lowest BCUT2D eigenvalue weighted by Crippen LogP contribution is -2.45. The Hall–Kier alpha value is -1.85. The monoisotopic (exact) mass is 325 g/mol. The number of rotatable bonds is 5. The normalized spacial score (nSPS) is 11.8. The summed E-state index contributed by atoms with van der Waals surface area (Å²) >= 11 is 0. The first-order valence-electron chi connectivity index (χ1n) is 6.81. The molecule has 0 unspecified atom stereocenters. The molecule has 0 radical (unpaired) electrons. The van der Waals surface area contributed by atoms with Crippen LogP contribution in [0, 0.1) is 5.41 Å². The van der Waals surface area contributed by atoms with E-state index in [1.54, 1.807) is 30.3 Å². The highest BCUT2D eigenvalue weighted by atomic mass is 35.5. The fourth-order valence-corrected chi connectivity index (χ4v) is 1.59. The molecule has 0 spiro atoms. The zero-order chi connectivity index (χ0) is 16.0. The highest BCUT2D eigenvalue weighted by molar-refractivity contribution is 5.97. The number of amides is 2. The van der Waals surface area contributed by atoms with Crippen LogP contribution in [-0.2, 0) is 4.79 Å². The minimum atomic E-state index is -0.604. The van der Waals surface area contributed by atoms with Crippen molar-refractivity contribution in [1.29, 1.82) is 0 Å². The molecule has 1 aromatic rings. The van der Waals surface area contributed by atoms with Crippen molar-refractivity contribution in [2.24, 2.45) is 11.1 Å². The van der Waals surface area contributed by atoms with Gasteiger partial charge in [-0.05, 0) is 29.7 Å². The van der Waals surface area contributed by atoms with Crippen molar-refractivity contribution in [2.45, 2.75) is 26.8 Å². The number of halogens is 1. The van der Waals surface area contributed by atoms with Gasteiger partial charge in [-0.15, -0.1) is 19.0 Å². The van der Waals surface area contributed by atoms with Gasteiger partial charge in [-0.2, -0.15) is 0 Å². The molecule has 0 heterocycles. The van der Waals surface area contributed by atoms with E-state index in [9.17, 15) is 9.59 Å². The lowest BCUT2D eigenvalue weighted by atomic mass is 9.87. The number of benzene rings is 1. The van der Waals surface area contributed by atoms with Crippen LogP contribution in [0.1, 0.15) is 31.1 Å². The van der Waals surface area contributed by atoms with Crippen molar-refractivity contribution in [3.8, 4) is 0 Å². The van der Waals surface area contributed by atoms with E-state index in [0.29, 0.717) is 17.8 Å². The Labute approximate surface area is 137 Å². The quantitative estimate of drug-likeness (QED) is 0.726. The van der Waals surface area contributed by atoms with Gasteiger partial charge in [0.15, 0.2) is 0 Å². The van der Waals surface area contributed by atoms with Gasteiger partial charge in [0.2, 0.25) is 5.91 Å². The van der Waals surface area contributed by atoms with E-state index in [-0.39, 0.29) is 29.6 Å². The standard InChI is InChI=1S/C16H23N3O2.ClH/c1-5-10-18-14(20)11-6-8-12(9-7-11)19-15(21)13(17)16(2,3)4;/h5-9,13H,1,10,17H2,2-4H3,(H,18,20)(H,19,21);1H/t13-;/m1./s1. The molecule has 1 rings (SSSR count). The van der Waals surface area contributed by atoms with Crippen molar-refractivity contribution >= 4 is 29.9 Å². The smallest absolute Gasteiger partial charge is 0.251 e. The van der Waals surface area contributed by atoms with Crippen LogP contribution in [-0.4, -0.2) is 24.4 Å². The zero-order valence-corrected chi connectivity index (χ0v) is 14.0. The highest BCUT2D eigenvalue weighted by Gasteiger charge is 2.27. The molecule has 5 nitrogen and oxygen atoms in total. The Balaban J connectivity index is 0.00000441. The minimum absolute atomic E-state index is 0. The maximum absolute atomic E-state index is 12.0. The van der Waals surface area contributed by atoms with E-state index in [0.717, 1.165) is 0 Å². The number of carbonyl (C=O) groups excluding carboxylic acids is 2. The molecule has 1 aromatic carbocycles. The lowest BCUT2D eigenvalue weighted by molar-refractivity contribution is -0.119. The SMILES string of the molecule is C=CCNC(=O)c1ccc(NC(=O)[C@@H](N)C(C)(C)C)cc1.Cl. The first-order valence-corrected chi connectivity index (χ1v) is 6.81. The zero-order valence-electron chi connectivity index (χ0n) is 13.2. The van der Waals surface area contributed by atoms with Crippen molar-refractivity contribution in [2.75, 3.05) is 11.9 Å². The predicted molar refractivity (Wildman–Crippen MR) is 92.3 cm³/mol. The average molecular weight is 326 g/mol. The molecule has 122 valence electrons. The Morgan fingerprint density at radius 2 is 1.82 bits per heavy atom. The summed E-state index contributed by atoms with van der Waals surface area (Å²) in [5.41, 5.74) is 6.71. The van der Waals surface area contributed by atoms with Gasteiger partial charge in [0, 0.05) is 17.8 Å². The predicted octanol–water partition coefficient (Wildman–Crippen LogP) is 2.34. The maximum Gasteiger partial charge on any atom is 0.251 e. The summed E-state index contributed by atoms with van der Waals surface area (Å²) in [6, 6.07) is 6.05. The number of nitrogens with two attached hydrogens (primary N) is 1. The second kappa shape index (κ2) is 8.56. The van der Waals surface area contributed by atoms with E-state index in [2.05, 4.69) is 17.2 Å². The van der Waals surface area contributed by atoms with Crippen molar-refractivity contribution in [1.82, 2.24) is 5.32 Å². The number of hydrogen-bond acceptors (Lipinski definition) is 3. The van der Waals surface area contributed by atoms with Gasteiger partial charge in [-0.25, -0.2) is 0 Å².